The van der Waals surface area contributed by atoms with E-state index < -0.39 is 0 Å². The molecule has 5 nitrogen and oxygen atoms in total. The Kier molecular flexibility index (Phi) is 3.12. The van der Waals surface area contributed by atoms with Gasteiger partial charge in [0.2, 0.25) is 5.91 Å². The van der Waals surface area contributed by atoms with Gasteiger partial charge in [-0.25, -0.2) is 4.79 Å². The van der Waals surface area contributed by atoms with E-state index in [0.29, 0.717) is 5.92 Å². The number of nitrogens with zero attached hydrogens (tertiary/aromatic N) is 2. The molecule has 1 amide bonds. The van der Waals surface area contributed by atoms with Gasteiger partial charge in [0.15, 0.2) is 0 Å². The van der Waals surface area contributed by atoms with Gasteiger partial charge in [-0.1, -0.05) is 12.1 Å². The van der Waals surface area contributed by atoms with Gasteiger partial charge < -0.3 is 5.32 Å². The van der Waals surface area contributed by atoms with Gasteiger partial charge in [-0.3, -0.25) is 13.9 Å². The number of hydrogen-bond acceptors (Lipinski definition) is 2. The zero-order valence-corrected chi connectivity index (χ0v) is 11.8. The molecule has 20 heavy (non-hydrogen) atoms. The Morgan fingerprint density at radius 2 is 2.00 bits per heavy atom. The minimum absolute atomic E-state index is 0.0806. The van der Waals surface area contributed by atoms with Gasteiger partial charge in [-0.05, 0) is 37.8 Å². The van der Waals surface area contributed by atoms with Crippen molar-refractivity contribution in [3.8, 4) is 0 Å². The molecule has 0 aliphatic heterocycles. The largest absolute Gasteiger partial charge is 0.352 e. The standard InChI is InChI=1S/C15H19N3O2/c1-10(11-7-8-11)16-14(19)9-18-13-6-4-3-5-12(13)17(2)15(18)20/h3-6,10-11H,7-9H2,1-2H3,(H,16,19). The maximum atomic E-state index is 12.2. The van der Waals surface area contributed by atoms with Crippen LogP contribution in [0.5, 0.6) is 0 Å². The molecule has 1 unspecified atom stereocenters. The molecule has 3 rings (SSSR count). The molecule has 2 aromatic rings. The summed E-state index contributed by atoms with van der Waals surface area (Å²) in [4.78, 5) is 24.3. The molecule has 1 aromatic heterocycles. The fourth-order valence-electron chi connectivity index (χ4n) is 2.67. The Labute approximate surface area is 117 Å². The van der Waals surface area contributed by atoms with E-state index in [0.717, 1.165) is 11.0 Å². The number of nitrogens with one attached hydrogen (secondary N) is 1. The molecule has 1 heterocycles. The number of amides is 1. The molecule has 0 spiro atoms. The van der Waals surface area contributed by atoms with Crippen molar-refractivity contribution < 1.29 is 4.79 Å². The lowest BCUT2D eigenvalue weighted by atomic mass is 10.2. The third-order valence-electron chi connectivity index (χ3n) is 4.07. The summed E-state index contributed by atoms with van der Waals surface area (Å²) < 4.78 is 3.11. The number of para-hydroxylation sites is 2. The molecule has 1 N–H and O–H groups in total. The minimum atomic E-state index is -0.152. The summed E-state index contributed by atoms with van der Waals surface area (Å²) >= 11 is 0. The smallest absolute Gasteiger partial charge is 0.329 e. The summed E-state index contributed by atoms with van der Waals surface area (Å²) in [5.74, 6) is 0.519. The van der Waals surface area contributed by atoms with Crippen LogP contribution in [-0.4, -0.2) is 21.1 Å². The SMILES string of the molecule is CC(NC(=O)Cn1c(=O)n(C)c2ccccc21)C1CC1. The summed E-state index contributed by atoms with van der Waals surface area (Å²) in [6.45, 7) is 2.11. The molecule has 1 aromatic carbocycles. The fraction of sp³-hybridized carbons (Fsp3) is 0.467. The molecule has 1 saturated carbocycles. The number of imidazole rings is 1. The number of hydrogen-bond donors (Lipinski definition) is 1. The minimum Gasteiger partial charge on any atom is -0.352 e. The quantitative estimate of drug-likeness (QED) is 0.911. The first-order valence-electron chi connectivity index (χ1n) is 7.01. The molecule has 0 saturated heterocycles. The summed E-state index contributed by atoms with van der Waals surface area (Å²) in [7, 11) is 1.73. The lowest BCUT2D eigenvalue weighted by Crippen LogP contribution is -2.38. The van der Waals surface area contributed by atoms with Crippen LogP contribution in [0, 0.1) is 5.92 Å². The predicted molar refractivity (Wildman–Crippen MR) is 77.5 cm³/mol. The number of carbonyl (C=O) groups excluding carboxylic acids is 1. The monoisotopic (exact) mass is 273 g/mol. The Morgan fingerprint density at radius 1 is 1.35 bits per heavy atom. The Balaban J connectivity index is 1.85. The van der Waals surface area contributed by atoms with Gasteiger partial charge >= 0.3 is 5.69 Å². The highest BCUT2D eigenvalue weighted by atomic mass is 16.2. The first kappa shape index (κ1) is 13.0. The molecule has 106 valence electrons. The molecule has 0 radical (unpaired) electrons. The maximum Gasteiger partial charge on any atom is 0.329 e. The van der Waals surface area contributed by atoms with E-state index in [-0.39, 0.29) is 24.2 Å². The average Bonchev–Trinajstić information content (AvgIpc) is 3.25. The summed E-state index contributed by atoms with van der Waals surface area (Å²) in [5, 5.41) is 2.98. The van der Waals surface area contributed by atoms with Crippen LogP contribution >= 0.6 is 0 Å². The van der Waals surface area contributed by atoms with Crippen LogP contribution in [0.25, 0.3) is 11.0 Å². The van der Waals surface area contributed by atoms with Crippen LogP contribution in [0.4, 0.5) is 0 Å². The second-order valence-electron chi connectivity index (χ2n) is 5.61. The maximum absolute atomic E-state index is 12.2. The zero-order chi connectivity index (χ0) is 14.3. The second-order valence-corrected chi connectivity index (χ2v) is 5.61. The van der Waals surface area contributed by atoms with E-state index in [1.54, 1.807) is 11.6 Å². The van der Waals surface area contributed by atoms with Crippen molar-refractivity contribution in [3.05, 3.63) is 34.7 Å². The van der Waals surface area contributed by atoms with Gasteiger partial charge in [0.1, 0.15) is 6.54 Å². The van der Waals surface area contributed by atoms with Crippen molar-refractivity contribution in [1.82, 2.24) is 14.5 Å². The van der Waals surface area contributed by atoms with Crippen molar-refractivity contribution in [1.29, 1.82) is 0 Å². The topological polar surface area (TPSA) is 56.0 Å². The van der Waals surface area contributed by atoms with E-state index in [1.165, 1.54) is 17.4 Å². The van der Waals surface area contributed by atoms with Crippen LogP contribution in [0.1, 0.15) is 19.8 Å². The van der Waals surface area contributed by atoms with E-state index in [9.17, 15) is 9.59 Å². The van der Waals surface area contributed by atoms with E-state index in [4.69, 9.17) is 0 Å². The zero-order valence-electron chi connectivity index (χ0n) is 11.8. The van der Waals surface area contributed by atoms with E-state index in [1.807, 2.05) is 31.2 Å². The first-order chi connectivity index (χ1) is 9.58. The van der Waals surface area contributed by atoms with Gasteiger partial charge in [0, 0.05) is 13.1 Å². The van der Waals surface area contributed by atoms with Crippen LogP contribution in [0.2, 0.25) is 0 Å². The Bertz CT molecular complexity index is 709. The fourth-order valence-corrected chi connectivity index (χ4v) is 2.67. The van der Waals surface area contributed by atoms with Gasteiger partial charge in [0.25, 0.3) is 0 Å². The number of benzene rings is 1. The van der Waals surface area contributed by atoms with Crippen LogP contribution < -0.4 is 11.0 Å². The number of aromatic nitrogens is 2. The van der Waals surface area contributed by atoms with Crippen molar-refractivity contribution in [2.75, 3.05) is 0 Å². The Morgan fingerprint density at radius 3 is 2.65 bits per heavy atom. The van der Waals surface area contributed by atoms with Gasteiger partial charge in [-0.2, -0.15) is 0 Å². The molecule has 5 heteroatoms. The van der Waals surface area contributed by atoms with Crippen LogP contribution in [-0.2, 0) is 18.4 Å². The first-order valence-corrected chi connectivity index (χ1v) is 7.01. The van der Waals surface area contributed by atoms with Crippen molar-refractivity contribution in [3.63, 3.8) is 0 Å². The number of fused-ring (bicyclic) bond motifs is 1. The second kappa shape index (κ2) is 4.81. The predicted octanol–water partition coefficient (Wildman–Crippen LogP) is 1.25. The molecule has 1 aliphatic carbocycles. The normalized spacial score (nSPS) is 16.3. The summed E-state index contributed by atoms with van der Waals surface area (Å²) in [6.07, 6.45) is 2.38. The lowest BCUT2D eigenvalue weighted by molar-refractivity contribution is -0.122. The average molecular weight is 273 g/mol. The highest BCUT2D eigenvalue weighted by molar-refractivity contribution is 5.81. The van der Waals surface area contributed by atoms with Crippen molar-refractivity contribution in [2.45, 2.75) is 32.4 Å². The number of aryl methyl sites for hydroxylation is 1. The highest BCUT2D eigenvalue weighted by Gasteiger charge is 2.29. The number of rotatable bonds is 4. The highest BCUT2D eigenvalue weighted by Crippen LogP contribution is 2.32. The van der Waals surface area contributed by atoms with Gasteiger partial charge in [0.05, 0.1) is 11.0 Å². The van der Waals surface area contributed by atoms with Crippen molar-refractivity contribution in [2.24, 2.45) is 13.0 Å². The summed E-state index contributed by atoms with van der Waals surface area (Å²) in [5.41, 5.74) is 1.50. The van der Waals surface area contributed by atoms with E-state index >= 15 is 0 Å². The number of carbonyl (C=O) groups is 1. The van der Waals surface area contributed by atoms with Gasteiger partial charge in [-0.15, -0.1) is 0 Å². The molecular weight excluding hydrogens is 254 g/mol. The van der Waals surface area contributed by atoms with Crippen molar-refractivity contribution >= 4 is 16.9 Å². The molecule has 0 bridgehead atoms. The third-order valence-corrected chi connectivity index (χ3v) is 4.07. The molecule has 1 atom stereocenters. The van der Waals surface area contributed by atoms with E-state index in [2.05, 4.69) is 5.32 Å². The van der Waals surface area contributed by atoms with Crippen LogP contribution in [0.15, 0.2) is 29.1 Å². The molecule has 1 aliphatic rings. The molecule has 1 fully saturated rings. The third kappa shape index (κ3) is 2.24. The van der Waals surface area contributed by atoms with Crippen LogP contribution in [0.3, 0.4) is 0 Å². The molecular formula is C15H19N3O2. The Hall–Kier alpha value is -2.04. The summed E-state index contributed by atoms with van der Waals surface area (Å²) in [6, 6.07) is 7.73. The lowest BCUT2D eigenvalue weighted by Gasteiger charge is -2.12.